The average Bonchev–Trinajstić information content (AvgIpc) is 3.11. The minimum Gasteiger partial charge on any atom is -0.491 e. The molecule has 0 radical (unpaired) electrons. The zero-order valence-corrected chi connectivity index (χ0v) is 15.6. The minimum atomic E-state index is -0.305. The van der Waals surface area contributed by atoms with Gasteiger partial charge >= 0.3 is 0 Å². The highest BCUT2D eigenvalue weighted by atomic mass is 16.7. The monoisotopic (exact) mass is 380 g/mol. The van der Waals surface area contributed by atoms with Crippen molar-refractivity contribution in [2.24, 2.45) is 0 Å². The summed E-state index contributed by atoms with van der Waals surface area (Å²) < 4.78 is 17.6. The molecule has 0 unspecified atom stereocenters. The fourth-order valence-electron chi connectivity index (χ4n) is 3.07. The standard InChI is InChI=1S/C21H20N2O5/c1-13(2)28-16-4-5-17-14(9-16)7-8-23(21(17)25)11-20(24)22-15-3-6-18-19(10-15)27-12-26-18/h3-10,13H,11-12H2,1-2H3,(H,22,24). The Labute approximate surface area is 161 Å². The van der Waals surface area contributed by atoms with Gasteiger partial charge in [0, 0.05) is 23.3 Å². The van der Waals surface area contributed by atoms with E-state index in [0.717, 1.165) is 5.39 Å². The second kappa shape index (κ2) is 7.26. The van der Waals surface area contributed by atoms with E-state index in [2.05, 4.69) is 5.32 Å². The van der Waals surface area contributed by atoms with Gasteiger partial charge in [-0.2, -0.15) is 0 Å². The molecule has 1 amide bonds. The van der Waals surface area contributed by atoms with E-state index in [-0.39, 0.29) is 30.9 Å². The van der Waals surface area contributed by atoms with Crippen LogP contribution in [-0.2, 0) is 11.3 Å². The fraction of sp³-hybridized carbons (Fsp3) is 0.238. The van der Waals surface area contributed by atoms with Crippen molar-refractivity contribution < 1.29 is 19.0 Å². The van der Waals surface area contributed by atoms with Crippen molar-refractivity contribution in [1.82, 2.24) is 4.57 Å². The summed E-state index contributed by atoms with van der Waals surface area (Å²) >= 11 is 0. The van der Waals surface area contributed by atoms with E-state index in [4.69, 9.17) is 14.2 Å². The number of aromatic nitrogens is 1. The highest BCUT2D eigenvalue weighted by Gasteiger charge is 2.15. The van der Waals surface area contributed by atoms with Crippen molar-refractivity contribution in [1.29, 1.82) is 0 Å². The number of amides is 1. The lowest BCUT2D eigenvalue weighted by molar-refractivity contribution is -0.116. The number of anilines is 1. The number of carbonyl (C=O) groups is 1. The van der Waals surface area contributed by atoms with Gasteiger partial charge in [-0.3, -0.25) is 9.59 Å². The molecule has 7 heteroatoms. The molecule has 0 spiro atoms. The summed E-state index contributed by atoms with van der Waals surface area (Å²) in [6, 6.07) is 12.3. The highest BCUT2D eigenvalue weighted by molar-refractivity contribution is 5.91. The first kappa shape index (κ1) is 17.9. The maximum absolute atomic E-state index is 12.7. The van der Waals surface area contributed by atoms with Gasteiger partial charge in [-0.1, -0.05) is 0 Å². The predicted molar refractivity (Wildman–Crippen MR) is 105 cm³/mol. The molecule has 0 saturated heterocycles. The molecule has 0 saturated carbocycles. The number of nitrogens with one attached hydrogen (secondary N) is 1. The number of hydrogen-bond acceptors (Lipinski definition) is 5. The Bertz CT molecular complexity index is 1100. The number of pyridine rings is 1. The maximum Gasteiger partial charge on any atom is 0.258 e. The van der Waals surface area contributed by atoms with Crippen LogP contribution in [0.4, 0.5) is 5.69 Å². The lowest BCUT2D eigenvalue weighted by Gasteiger charge is -2.12. The van der Waals surface area contributed by atoms with Gasteiger partial charge < -0.3 is 24.1 Å². The smallest absolute Gasteiger partial charge is 0.258 e. The lowest BCUT2D eigenvalue weighted by Crippen LogP contribution is -2.27. The van der Waals surface area contributed by atoms with Crippen molar-refractivity contribution in [2.75, 3.05) is 12.1 Å². The normalized spacial score (nSPS) is 12.4. The SMILES string of the molecule is CC(C)Oc1ccc2c(=O)n(CC(=O)Nc3ccc4c(c3)OCO4)ccc2c1. The van der Waals surface area contributed by atoms with Gasteiger partial charge in [0.1, 0.15) is 12.3 Å². The molecule has 7 nitrogen and oxygen atoms in total. The average molecular weight is 380 g/mol. The topological polar surface area (TPSA) is 78.8 Å². The fourth-order valence-corrected chi connectivity index (χ4v) is 3.07. The van der Waals surface area contributed by atoms with E-state index in [0.29, 0.717) is 28.3 Å². The van der Waals surface area contributed by atoms with Crippen LogP contribution in [-0.4, -0.2) is 23.4 Å². The summed E-state index contributed by atoms with van der Waals surface area (Å²) in [6.45, 7) is 3.97. The number of carbonyl (C=O) groups excluding carboxylic acids is 1. The van der Waals surface area contributed by atoms with Crippen molar-refractivity contribution in [2.45, 2.75) is 26.5 Å². The number of hydrogen-bond donors (Lipinski definition) is 1. The quantitative estimate of drug-likeness (QED) is 0.736. The Balaban J connectivity index is 1.51. The molecule has 1 aliphatic heterocycles. The molecule has 144 valence electrons. The first-order valence-electron chi connectivity index (χ1n) is 8.99. The van der Waals surface area contributed by atoms with Crippen LogP contribution >= 0.6 is 0 Å². The zero-order chi connectivity index (χ0) is 19.7. The molecule has 4 rings (SSSR count). The lowest BCUT2D eigenvalue weighted by atomic mass is 10.1. The molecule has 1 N–H and O–H groups in total. The van der Waals surface area contributed by atoms with Crippen molar-refractivity contribution >= 4 is 22.4 Å². The van der Waals surface area contributed by atoms with Gasteiger partial charge in [0.25, 0.3) is 5.56 Å². The summed E-state index contributed by atoms with van der Waals surface area (Å²) in [7, 11) is 0. The molecule has 0 atom stereocenters. The minimum absolute atomic E-state index is 0.0534. The van der Waals surface area contributed by atoms with E-state index >= 15 is 0 Å². The Morgan fingerprint density at radius 1 is 1.14 bits per heavy atom. The Morgan fingerprint density at radius 3 is 2.79 bits per heavy atom. The summed E-state index contributed by atoms with van der Waals surface area (Å²) in [4.78, 5) is 25.1. The maximum atomic E-state index is 12.7. The Kier molecular flexibility index (Phi) is 4.65. The number of fused-ring (bicyclic) bond motifs is 2. The van der Waals surface area contributed by atoms with E-state index in [1.165, 1.54) is 4.57 Å². The third-order valence-corrected chi connectivity index (χ3v) is 4.29. The van der Waals surface area contributed by atoms with Crippen LogP contribution in [0.5, 0.6) is 17.2 Å². The van der Waals surface area contributed by atoms with Crippen molar-refractivity contribution in [3.8, 4) is 17.2 Å². The molecule has 1 aromatic heterocycles. The molecule has 2 aromatic carbocycles. The second-order valence-corrected chi connectivity index (χ2v) is 6.78. The first-order valence-corrected chi connectivity index (χ1v) is 8.99. The molecular formula is C21H20N2O5. The van der Waals surface area contributed by atoms with Crippen LogP contribution in [0, 0.1) is 0 Å². The van der Waals surface area contributed by atoms with Crippen LogP contribution in [0.1, 0.15) is 13.8 Å². The van der Waals surface area contributed by atoms with Gasteiger partial charge in [0.2, 0.25) is 12.7 Å². The third kappa shape index (κ3) is 3.64. The van der Waals surface area contributed by atoms with Crippen LogP contribution in [0.25, 0.3) is 10.8 Å². The van der Waals surface area contributed by atoms with Crippen molar-refractivity contribution in [3.05, 3.63) is 59.0 Å². The summed E-state index contributed by atoms with van der Waals surface area (Å²) in [5.41, 5.74) is 0.355. The zero-order valence-electron chi connectivity index (χ0n) is 15.6. The summed E-state index contributed by atoms with van der Waals surface area (Å²) in [5, 5.41) is 4.08. The number of benzene rings is 2. The largest absolute Gasteiger partial charge is 0.491 e. The van der Waals surface area contributed by atoms with E-state index in [9.17, 15) is 9.59 Å². The van der Waals surface area contributed by atoms with Gasteiger partial charge in [-0.25, -0.2) is 0 Å². The van der Waals surface area contributed by atoms with Crippen LogP contribution < -0.4 is 25.1 Å². The second-order valence-electron chi connectivity index (χ2n) is 6.78. The first-order chi connectivity index (χ1) is 13.5. The Hall–Kier alpha value is -3.48. The van der Waals surface area contributed by atoms with Crippen LogP contribution in [0.2, 0.25) is 0 Å². The van der Waals surface area contributed by atoms with Gasteiger partial charge in [0.05, 0.1) is 6.10 Å². The van der Waals surface area contributed by atoms with Gasteiger partial charge in [-0.05, 0) is 55.6 Å². The molecular weight excluding hydrogens is 360 g/mol. The molecule has 1 aliphatic rings. The third-order valence-electron chi connectivity index (χ3n) is 4.29. The summed E-state index contributed by atoms with van der Waals surface area (Å²) in [6.07, 6.45) is 1.67. The molecule has 2 heterocycles. The van der Waals surface area contributed by atoms with Gasteiger partial charge in [0.15, 0.2) is 11.5 Å². The molecule has 0 bridgehead atoms. The molecule has 0 aliphatic carbocycles. The van der Waals surface area contributed by atoms with Crippen LogP contribution in [0.15, 0.2) is 53.5 Å². The predicted octanol–water partition coefficient (Wildman–Crippen LogP) is 3.16. The molecule has 28 heavy (non-hydrogen) atoms. The van der Waals surface area contributed by atoms with Crippen LogP contribution in [0.3, 0.4) is 0 Å². The number of nitrogens with zero attached hydrogens (tertiary/aromatic N) is 1. The number of ether oxygens (including phenoxy) is 3. The Morgan fingerprint density at radius 2 is 1.96 bits per heavy atom. The van der Waals surface area contributed by atoms with Gasteiger partial charge in [-0.15, -0.1) is 0 Å². The van der Waals surface area contributed by atoms with Crippen molar-refractivity contribution in [3.63, 3.8) is 0 Å². The molecule has 3 aromatic rings. The molecule has 0 fully saturated rings. The van der Waals surface area contributed by atoms with E-state index < -0.39 is 0 Å². The summed E-state index contributed by atoms with van der Waals surface area (Å²) in [5.74, 6) is 1.63. The highest BCUT2D eigenvalue weighted by Crippen LogP contribution is 2.34. The van der Waals surface area contributed by atoms with E-state index in [1.807, 2.05) is 19.9 Å². The number of rotatable bonds is 5. The van der Waals surface area contributed by atoms with E-state index in [1.54, 1.807) is 42.6 Å².